The van der Waals surface area contributed by atoms with Crippen LogP contribution in [0.2, 0.25) is 0 Å². The van der Waals surface area contributed by atoms with E-state index in [-0.39, 0.29) is 43.5 Å². The highest BCUT2D eigenvalue weighted by atomic mass is 16.4. The van der Waals surface area contributed by atoms with Crippen molar-refractivity contribution in [2.45, 2.75) is 45.7 Å². The van der Waals surface area contributed by atoms with Crippen LogP contribution in [-0.4, -0.2) is 71.0 Å². The third-order valence-corrected chi connectivity index (χ3v) is 3.26. The third kappa shape index (κ3) is 6.57. The zero-order valence-electron chi connectivity index (χ0n) is 13.0. The van der Waals surface area contributed by atoms with Crippen LogP contribution in [0.1, 0.15) is 33.6 Å². The number of carbonyl (C=O) groups excluding carboxylic acids is 2. The van der Waals surface area contributed by atoms with E-state index in [9.17, 15) is 14.4 Å². The molecule has 1 fully saturated rings. The first-order valence-corrected chi connectivity index (χ1v) is 7.36. The molecule has 0 aromatic rings. The number of carbonyl (C=O) groups is 3. The summed E-state index contributed by atoms with van der Waals surface area (Å²) in [5.41, 5.74) is 0. The number of amides is 2. The van der Waals surface area contributed by atoms with Crippen LogP contribution in [0.5, 0.6) is 0 Å². The largest absolute Gasteiger partial charge is 0.480 e. The number of carboxylic acid groups (broad SMARTS) is 1. The summed E-state index contributed by atoms with van der Waals surface area (Å²) in [4.78, 5) is 37.9. The monoisotopic (exact) mass is 299 g/mol. The summed E-state index contributed by atoms with van der Waals surface area (Å²) in [6.45, 7) is 5.88. The number of nitrogens with zero attached hydrogens (tertiary/aromatic N) is 2. The molecule has 1 aliphatic rings. The topological polar surface area (TPSA) is 90.0 Å². The fraction of sp³-hybridized carbons (Fsp3) is 0.786. The Morgan fingerprint density at radius 2 is 1.81 bits per heavy atom. The quantitative estimate of drug-likeness (QED) is 0.621. The predicted molar refractivity (Wildman–Crippen MR) is 77.8 cm³/mol. The van der Waals surface area contributed by atoms with Crippen molar-refractivity contribution in [1.82, 2.24) is 15.1 Å². The van der Waals surface area contributed by atoms with Crippen molar-refractivity contribution >= 4 is 17.8 Å². The van der Waals surface area contributed by atoms with Gasteiger partial charge in [-0.15, -0.1) is 0 Å². The summed E-state index contributed by atoms with van der Waals surface area (Å²) < 4.78 is 0. The van der Waals surface area contributed by atoms with Crippen molar-refractivity contribution in [2.75, 3.05) is 26.2 Å². The van der Waals surface area contributed by atoms with Gasteiger partial charge in [-0.3, -0.25) is 19.3 Å². The second-order valence-electron chi connectivity index (χ2n) is 5.66. The van der Waals surface area contributed by atoms with Crippen LogP contribution in [0.15, 0.2) is 0 Å². The van der Waals surface area contributed by atoms with Gasteiger partial charge in [-0.05, 0) is 33.6 Å². The first kappa shape index (κ1) is 17.4. The second-order valence-corrected chi connectivity index (χ2v) is 5.66. The van der Waals surface area contributed by atoms with Crippen molar-refractivity contribution in [1.29, 1.82) is 0 Å². The van der Waals surface area contributed by atoms with Crippen molar-refractivity contribution in [2.24, 2.45) is 0 Å². The number of carboxylic acids is 1. The van der Waals surface area contributed by atoms with E-state index >= 15 is 0 Å². The van der Waals surface area contributed by atoms with Crippen LogP contribution < -0.4 is 5.32 Å². The minimum atomic E-state index is -0.935. The van der Waals surface area contributed by atoms with Crippen LogP contribution >= 0.6 is 0 Å². The minimum absolute atomic E-state index is 0.0130. The van der Waals surface area contributed by atoms with Crippen LogP contribution in [0.4, 0.5) is 0 Å². The maximum absolute atomic E-state index is 12.2. The van der Waals surface area contributed by atoms with E-state index in [0.29, 0.717) is 6.54 Å². The molecule has 1 aliphatic carbocycles. The molecule has 7 nitrogen and oxygen atoms in total. The highest BCUT2D eigenvalue weighted by Gasteiger charge is 2.32. The average Bonchev–Trinajstić information content (AvgIpc) is 3.17. The summed E-state index contributed by atoms with van der Waals surface area (Å²) >= 11 is 0. The van der Waals surface area contributed by atoms with Gasteiger partial charge in [0.2, 0.25) is 11.8 Å². The molecule has 1 saturated carbocycles. The highest BCUT2D eigenvalue weighted by Crippen LogP contribution is 2.26. The molecule has 2 N–H and O–H groups in total. The lowest BCUT2D eigenvalue weighted by Gasteiger charge is -2.25. The maximum atomic E-state index is 12.2. The van der Waals surface area contributed by atoms with Crippen molar-refractivity contribution in [3.8, 4) is 0 Å². The lowest BCUT2D eigenvalue weighted by atomic mass is 10.3. The van der Waals surface area contributed by atoms with E-state index in [4.69, 9.17) is 5.11 Å². The van der Waals surface area contributed by atoms with Crippen molar-refractivity contribution in [3.05, 3.63) is 0 Å². The van der Waals surface area contributed by atoms with Gasteiger partial charge in [-0.1, -0.05) is 0 Å². The fourth-order valence-electron chi connectivity index (χ4n) is 2.12. The van der Waals surface area contributed by atoms with E-state index in [1.165, 1.54) is 4.90 Å². The second kappa shape index (κ2) is 7.97. The van der Waals surface area contributed by atoms with Crippen LogP contribution in [0.3, 0.4) is 0 Å². The summed E-state index contributed by atoms with van der Waals surface area (Å²) in [6, 6.07) is 0.217. The summed E-state index contributed by atoms with van der Waals surface area (Å²) in [5.74, 6) is -1.34. The molecule has 0 spiro atoms. The van der Waals surface area contributed by atoms with E-state index in [2.05, 4.69) is 5.32 Å². The first-order chi connectivity index (χ1) is 9.83. The Bertz CT molecular complexity index is 394. The SMILES string of the molecule is CCN(CC(=O)NC(C)C)C(=O)CN(CC(=O)O)C1CC1. The molecule has 0 atom stereocenters. The molecule has 7 heteroatoms. The number of hydrogen-bond acceptors (Lipinski definition) is 4. The molecule has 0 aliphatic heterocycles. The minimum Gasteiger partial charge on any atom is -0.480 e. The molecule has 120 valence electrons. The average molecular weight is 299 g/mol. The molecule has 0 radical (unpaired) electrons. The summed E-state index contributed by atoms with van der Waals surface area (Å²) in [5, 5.41) is 11.6. The highest BCUT2D eigenvalue weighted by molar-refractivity contribution is 5.86. The van der Waals surface area contributed by atoms with Crippen LogP contribution in [-0.2, 0) is 14.4 Å². The number of hydrogen-bond donors (Lipinski definition) is 2. The third-order valence-electron chi connectivity index (χ3n) is 3.26. The first-order valence-electron chi connectivity index (χ1n) is 7.36. The number of nitrogens with one attached hydrogen (secondary N) is 1. The van der Waals surface area contributed by atoms with Gasteiger partial charge in [0.15, 0.2) is 0 Å². The number of likely N-dealkylation sites (N-methyl/N-ethyl adjacent to an activating group) is 1. The molecular formula is C14H25N3O4. The Morgan fingerprint density at radius 1 is 1.19 bits per heavy atom. The number of aliphatic carboxylic acids is 1. The Labute approximate surface area is 125 Å². The van der Waals surface area contributed by atoms with Crippen molar-refractivity contribution < 1.29 is 19.5 Å². The molecule has 0 heterocycles. The van der Waals surface area contributed by atoms with Gasteiger partial charge >= 0.3 is 5.97 Å². The molecule has 0 aromatic heterocycles. The lowest BCUT2D eigenvalue weighted by molar-refractivity contribution is -0.141. The molecule has 0 bridgehead atoms. The molecule has 0 aromatic carbocycles. The van der Waals surface area contributed by atoms with E-state index in [0.717, 1.165) is 12.8 Å². The van der Waals surface area contributed by atoms with Gasteiger partial charge in [-0.25, -0.2) is 0 Å². The zero-order valence-corrected chi connectivity index (χ0v) is 13.0. The van der Waals surface area contributed by atoms with Gasteiger partial charge in [0, 0.05) is 18.6 Å². The van der Waals surface area contributed by atoms with Gasteiger partial charge in [0.05, 0.1) is 19.6 Å². The summed E-state index contributed by atoms with van der Waals surface area (Å²) in [7, 11) is 0. The fourth-order valence-corrected chi connectivity index (χ4v) is 2.12. The Morgan fingerprint density at radius 3 is 2.24 bits per heavy atom. The molecule has 1 rings (SSSR count). The van der Waals surface area contributed by atoms with Gasteiger partial charge in [0.25, 0.3) is 0 Å². The van der Waals surface area contributed by atoms with Gasteiger partial charge < -0.3 is 15.3 Å². The van der Waals surface area contributed by atoms with E-state index in [1.807, 2.05) is 13.8 Å². The lowest BCUT2D eigenvalue weighted by Crippen LogP contribution is -2.47. The standard InChI is InChI=1S/C14H25N3O4/c1-4-16(7-12(18)15-10(2)3)13(19)8-17(9-14(20)21)11-5-6-11/h10-11H,4-9H2,1-3H3,(H,15,18)(H,20,21). The zero-order chi connectivity index (χ0) is 16.0. The van der Waals surface area contributed by atoms with E-state index < -0.39 is 5.97 Å². The molecule has 21 heavy (non-hydrogen) atoms. The van der Waals surface area contributed by atoms with E-state index in [1.54, 1.807) is 11.8 Å². The normalized spacial score (nSPS) is 14.3. The Hall–Kier alpha value is -1.63. The van der Waals surface area contributed by atoms with Gasteiger partial charge in [0.1, 0.15) is 0 Å². The smallest absolute Gasteiger partial charge is 0.317 e. The Balaban J connectivity index is 2.52. The molecule has 0 saturated heterocycles. The number of rotatable bonds is 9. The predicted octanol–water partition coefficient (Wildman–Crippen LogP) is -0.0915. The maximum Gasteiger partial charge on any atom is 0.317 e. The molecule has 2 amide bonds. The van der Waals surface area contributed by atoms with Crippen LogP contribution in [0.25, 0.3) is 0 Å². The summed E-state index contributed by atoms with van der Waals surface area (Å²) in [6.07, 6.45) is 1.86. The molecule has 0 unspecified atom stereocenters. The van der Waals surface area contributed by atoms with Gasteiger partial charge in [-0.2, -0.15) is 0 Å². The van der Waals surface area contributed by atoms with Crippen molar-refractivity contribution in [3.63, 3.8) is 0 Å². The van der Waals surface area contributed by atoms with Crippen LogP contribution in [0, 0.1) is 0 Å². The molecular weight excluding hydrogens is 274 g/mol. The Kier molecular flexibility index (Phi) is 6.61.